The Bertz CT molecular complexity index is 287. The van der Waals surface area contributed by atoms with Crippen LogP contribution in [0.1, 0.15) is 26.2 Å². The summed E-state index contributed by atoms with van der Waals surface area (Å²) >= 11 is 0. The van der Waals surface area contributed by atoms with Crippen molar-refractivity contribution in [3.63, 3.8) is 0 Å². The zero-order chi connectivity index (χ0) is 15.0. The van der Waals surface area contributed by atoms with Gasteiger partial charge in [0.1, 0.15) is 0 Å². The number of rotatable bonds is 10. The van der Waals surface area contributed by atoms with Crippen LogP contribution in [0.15, 0.2) is 0 Å². The number of aliphatic carboxylic acids is 1. The standard InChI is InChI=1S/C14H27NO5/c1-10(8-19-2)20-9-12(16)7-15-6-11-4-3-5-13(11)14(17)18/h10-13,15-16H,3-9H2,1-2H3,(H,17,18). The Hall–Kier alpha value is -0.690. The number of aliphatic hydroxyl groups is 1. The van der Waals surface area contributed by atoms with Gasteiger partial charge in [0.05, 0.1) is 31.3 Å². The molecular weight excluding hydrogens is 262 g/mol. The van der Waals surface area contributed by atoms with E-state index in [4.69, 9.17) is 14.6 Å². The van der Waals surface area contributed by atoms with Crippen LogP contribution in [0.5, 0.6) is 0 Å². The second kappa shape index (κ2) is 9.28. The van der Waals surface area contributed by atoms with Crippen LogP contribution in [0.25, 0.3) is 0 Å². The summed E-state index contributed by atoms with van der Waals surface area (Å²) in [5.41, 5.74) is 0. The van der Waals surface area contributed by atoms with Crippen molar-refractivity contribution in [2.75, 3.05) is 33.4 Å². The summed E-state index contributed by atoms with van der Waals surface area (Å²) in [5, 5.41) is 22.0. The highest BCUT2D eigenvalue weighted by molar-refractivity contribution is 5.70. The summed E-state index contributed by atoms with van der Waals surface area (Å²) in [6.45, 7) is 3.71. The molecule has 1 aliphatic rings. The third-order valence-electron chi connectivity index (χ3n) is 3.74. The molecule has 20 heavy (non-hydrogen) atoms. The minimum absolute atomic E-state index is 0.0409. The van der Waals surface area contributed by atoms with Crippen molar-refractivity contribution in [3.8, 4) is 0 Å². The highest BCUT2D eigenvalue weighted by Gasteiger charge is 2.32. The normalized spacial score (nSPS) is 25.6. The number of carbonyl (C=O) groups is 1. The first-order valence-corrected chi connectivity index (χ1v) is 7.26. The van der Waals surface area contributed by atoms with Gasteiger partial charge in [-0.3, -0.25) is 4.79 Å². The Morgan fingerprint density at radius 1 is 1.40 bits per heavy atom. The first kappa shape index (κ1) is 17.4. The van der Waals surface area contributed by atoms with Gasteiger partial charge in [0, 0.05) is 13.7 Å². The average molecular weight is 289 g/mol. The molecule has 0 aromatic heterocycles. The molecule has 0 aliphatic heterocycles. The van der Waals surface area contributed by atoms with Crippen LogP contribution >= 0.6 is 0 Å². The van der Waals surface area contributed by atoms with E-state index in [0.717, 1.165) is 19.3 Å². The lowest BCUT2D eigenvalue weighted by molar-refractivity contribution is -0.142. The zero-order valence-corrected chi connectivity index (χ0v) is 12.4. The fraction of sp³-hybridized carbons (Fsp3) is 0.929. The van der Waals surface area contributed by atoms with E-state index < -0.39 is 12.1 Å². The smallest absolute Gasteiger partial charge is 0.306 e. The van der Waals surface area contributed by atoms with E-state index in [0.29, 0.717) is 19.7 Å². The van der Waals surface area contributed by atoms with Crippen LogP contribution in [-0.2, 0) is 14.3 Å². The maximum absolute atomic E-state index is 11.0. The molecule has 0 bridgehead atoms. The van der Waals surface area contributed by atoms with Crippen LogP contribution in [0, 0.1) is 11.8 Å². The van der Waals surface area contributed by atoms with Crippen molar-refractivity contribution in [2.45, 2.75) is 38.4 Å². The second-order valence-corrected chi connectivity index (χ2v) is 5.55. The van der Waals surface area contributed by atoms with Gasteiger partial charge < -0.3 is 25.0 Å². The Morgan fingerprint density at radius 3 is 2.80 bits per heavy atom. The average Bonchev–Trinajstić information content (AvgIpc) is 2.85. The van der Waals surface area contributed by atoms with Gasteiger partial charge in [-0.25, -0.2) is 0 Å². The van der Waals surface area contributed by atoms with Gasteiger partial charge in [-0.15, -0.1) is 0 Å². The molecule has 1 aliphatic carbocycles. The third kappa shape index (κ3) is 6.17. The monoisotopic (exact) mass is 289 g/mol. The molecule has 3 N–H and O–H groups in total. The third-order valence-corrected chi connectivity index (χ3v) is 3.74. The zero-order valence-electron chi connectivity index (χ0n) is 12.4. The molecule has 6 heteroatoms. The second-order valence-electron chi connectivity index (χ2n) is 5.55. The highest BCUT2D eigenvalue weighted by atomic mass is 16.5. The molecule has 118 valence electrons. The molecule has 0 amide bonds. The predicted octanol–water partition coefficient (Wildman–Crippen LogP) is 0.489. The van der Waals surface area contributed by atoms with Gasteiger partial charge in [0.15, 0.2) is 0 Å². The summed E-state index contributed by atoms with van der Waals surface area (Å²) in [6.07, 6.45) is 2.06. The number of hydrogen-bond donors (Lipinski definition) is 3. The summed E-state index contributed by atoms with van der Waals surface area (Å²) < 4.78 is 10.4. The maximum Gasteiger partial charge on any atom is 0.306 e. The van der Waals surface area contributed by atoms with Crippen LogP contribution in [0.4, 0.5) is 0 Å². The Kier molecular flexibility index (Phi) is 8.06. The van der Waals surface area contributed by atoms with E-state index >= 15 is 0 Å². The molecule has 4 atom stereocenters. The molecule has 0 heterocycles. The van der Waals surface area contributed by atoms with Crippen LogP contribution in [-0.4, -0.2) is 61.8 Å². The molecule has 0 aromatic carbocycles. The Morgan fingerprint density at radius 2 is 2.15 bits per heavy atom. The van der Waals surface area contributed by atoms with E-state index in [1.54, 1.807) is 7.11 Å². The van der Waals surface area contributed by atoms with Crippen molar-refractivity contribution in [2.24, 2.45) is 11.8 Å². The lowest BCUT2D eigenvalue weighted by Crippen LogP contribution is -2.36. The number of aliphatic hydroxyl groups excluding tert-OH is 1. The molecular formula is C14H27NO5. The quantitative estimate of drug-likeness (QED) is 0.542. The first-order valence-electron chi connectivity index (χ1n) is 7.26. The van der Waals surface area contributed by atoms with E-state index in [9.17, 15) is 9.90 Å². The lowest BCUT2D eigenvalue weighted by atomic mass is 9.96. The number of nitrogens with one attached hydrogen (secondary N) is 1. The molecule has 0 spiro atoms. The van der Waals surface area contributed by atoms with Crippen molar-refractivity contribution < 1.29 is 24.5 Å². The number of carboxylic acids is 1. The number of methoxy groups -OCH3 is 1. The van der Waals surface area contributed by atoms with Gasteiger partial charge in [-0.1, -0.05) is 6.42 Å². The van der Waals surface area contributed by atoms with Gasteiger partial charge in [-0.2, -0.15) is 0 Å². The van der Waals surface area contributed by atoms with Crippen molar-refractivity contribution in [3.05, 3.63) is 0 Å². The Labute approximate surface area is 120 Å². The van der Waals surface area contributed by atoms with E-state index in [-0.39, 0.29) is 24.5 Å². The summed E-state index contributed by atoms with van der Waals surface area (Å²) in [7, 11) is 1.61. The fourth-order valence-corrected chi connectivity index (χ4v) is 2.66. The van der Waals surface area contributed by atoms with Crippen molar-refractivity contribution in [1.29, 1.82) is 0 Å². The van der Waals surface area contributed by atoms with Crippen LogP contribution in [0.3, 0.4) is 0 Å². The van der Waals surface area contributed by atoms with Crippen molar-refractivity contribution >= 4 is 5.97 Å². The van der Waals surface area contributed by atoms with Crippen molar-refractivity contribution in [1.82, 2.24) is 5.32 Å². The summed E-state index contributed by atoms with van der Waals surface area (Å²) in [5.74, 6) is -0.766. The molecule has 0 aromatic rings. The van der Waals surface area contributed by atoms with Gasteiger partial charge >= 0.3 is 5.97 Å². The lowest BCUT2D eigenvalue weighted by Gasteiger charge is -2.19. The van der Waals surface area contributed by atoms with E-state index in [1.807, 2.05) is 6.92 Å². The largest absolute Gasteiger partial charge is 0.481 e. The number of ether oxygens (including phenoxy) is 2. The SMILES string of the molecule is COCC(C)OCC(O)CNCC1CCCC1C(=O)O. The van der Waals surface area contributed by atoms with Crippen LogP contribution in [0.2, 0.25) is 0 Å². The molecule has 4 unspecified atom stereocenters. The minimum atomic E-state index is -0.702. The van der Waals surface area contributed by atoms with Crippen LogP contribution < -0.4 is 5.32 Å². The highest BCUT2D eigenvalue weighted by Crippen LogP contribution is 2.31. The predicted molar refractivity (Wildman–Crippen MR) is 74.6 cm³/mol. The van der Waals surface area contributed by atoms with Gasteiger partial charge in [0.25, 0.3) is 0 Å². The number of hydrogen-bond acceptors (Lipinski definition) is 5. The van der Waals surface area contributed by atoms with E-state index in [2.05, 4.69) is 5.32 Å². The number of carboxylic acid groups (broad SMARTS) is 1. The molecule has 1 rings (SSSR count). The topological polar surface area (TPSA) is 88.0 Å². The fourth-order valence-electron chi connectivity index (χ4n) is 2.66. The van der Waals surface area contributed by atoms with Gasteiger partial charge in [-0.05, 0) is 32.2 Å². The summed E-state index contributed by atoms with van der Waals surface area (Å²) in [6, 6.07) is 0. The molecule has 1 fully saturated rings. The molecule has 6 nitrogen and oxygen atoms in total. The molecule has 0 saturated heterocycles. The Balaban J connectivity index is 2.12. The minimum Gasteiger partial charge on any atom is -0.481 e. The first-order chi connectivity index (χ1) is 9.54. The maximum atomic E-state index is 11.0. The van der Waals surface area contributed by atoms with E-state index in [1.165, 1.54) is 0 Å². The summed E-state index contributed by atoms with van der Waals surface area (Å²) in [4.78, 5) is 11.0. The molecule has 0 radical (unpaired) electrons. The molecule has 1 saturated carbocycles. The van der Waals surface area contributed by atoms with Gasteiger partial charge in [0.2, 0.25) is 0 Å².